The van der Waals surface area contributed by atoms with Crippen LogP contribution in [0.2, 0.25) is 0 Å². The minimum absolute atomic E-state index is 0.234. The van der Waals surface area contributed by atoms with Gasteiger partial charge in [-0.05, 0) is 38.5 Å². The van der Waals surface area contributed by atoms with Crippen LogP contribution in [0.4, 0.5) is 4.79 Å². The van der Waals surface area contributed by atoms with Crippen LogP contribution in [0.3, 0.4) is 0 Å². The normalized spacial score (nSPS) is 16.2. The van der Waals surface area contributed by atoms with Crippen molar-refractivity contribution in [3.05, 3.63) is 29.8 Å². The highest BCUT2D eigenvalue weighted by molar-refractivity contribution is 5.79. The van der Waals surface area contributed by atoms with Crippen LogP contribution in [0, 0.1) is 0 Å². The lowest BCUT2D eigenvalue weighted by Crippen LogP contribution is -2.50. The molecule has 0 unspecified atom stereocenters. The predicted molar refractivity (Wildman–Crippen MR) is 98.0 cm³/mol. The molecule has 2 N–H and O–H groups in total. The number of carbonyl (C=O) groups is 1. The zero-order valence-corrected chi connectivity index (χ0v) is 15.3. The molecule has 0 atom stereocenters. The Balaban J connectivity index is 1.70. The van der Waals surface area contributed by atoms with E-state index in [-0.39, 0.29) is 6.09 Å². The van der Waals surface area contributed by atoms with Gasteiger partial charge in [0.2, 0.25) is 0 Å². The molecule has 1 aliphatic heterocycles. The van der Waals surface area contributed by atoms with E-state index in [0.717, 1.165) is 30.9 Å². The summed E-state index contributed by atoms with van der Waals surface area (Å²) in [5.41, 5.74) is 0.455. The molecule has 0 aliphatic carbocycles. The zero-order valence-electron chi connectivity index (χ0n) is 15.3. The first kappa shape index (κ1) is 19.1. The van der Waals surface area contributed by atoms with Crippen molar-refractivity contribution in [1.29, 1.82) is 0 Å². The fraction of sp³-hybridized carbons (Fsp3) is 0.556. The second-order valence-electron chi connectivity index (χ2n) is 7.01. The number of piperazine rings is 1. The summed E-state index contributed by atoms with van der Waals surface area (Å²) < 4.78 is 11.2. The smallest absolute Gasteiger partial charge is 0.410 e. The number of benzene rings is 1. The standard InChI is InChI=1S/C18H28N4O3/c1-18(2,3)25-17(23)22-9-7-21(8-10-22)11-12-24-16-6-4-5-15(13-16)14-20-19/h4-6,13-14H,7-12,19H2,1-3H3. The number of hydrogen-bond donors (Lipinski definition) is 1. The molecule has 1 heterocycles. The molecule has 0 saturated carbocycles. The van der Waals surface area contributed by atoms with Crippen molar-refractivity contribution in [2.24, 2.45) is 10.9 Å². The monoisotopic (exact) mass is 348 g/mol. The quantitative estimate of drug-likeness (QED) is 0.499. The highest BCUT2D eigenvalue weighted by Crippen LogP contribution is 2.13. The van der Waals surface area contributed by atoms with Gasteiger partial charge in [-0.1, -0.05) is 12.1 Å². The van der Waals surface area contributed by atoms with Gasteiger partial charge >= 0.3 is 6.09 Å². The van der Waals surface area contributed by atoms with Crippen molar-refractivity contribution in [2.45, 2.75) is 26.4 Å². The third-order valence-corrected chi connectivity index (χ3v) is 3.78. The molecular formula is C18H28N4O3. The van der Waals surface area contributed by atoms with Crippen LogP contribution in [0.25, 0.3) is 0 Å². The summed E-state index contributed by atoms with van der Waals surface area (Å²) in [5.74, 6) is 5.96. The molecule has 7 heteroatoms. The van der Waals surface area contributed by atoms with E-state index in [2.05, 4.69) is 10.0 Å². The number of nitrogens with two attached hydrogens (primary N) is 1. The Bertz CT molecular complexity index is 590. The Morgan fingerprint density at radius 3 is 2.64 bits per heavy atom. The number of rotatable bonds is 5. The summed E-state index contributed by atoms with van der Waals surface area (Å²) in [7, 11) is 0. The Morgan fingerprint density at radius 2 is 2.00 bits per heavy atom. The molecule has 1 aromatic carbocycles. The van der Waals surface area contributed by atoms with Crippen molar-refractivity contribution in [2.75, 3.05) is 39.3 Å². The van der Waals surface area contributed by atoms with Crippen LogP contribution in [0.1, 0.15) is 26.3 Å². The van der Waals surface area contributed by atoms with E-state index in [1.54, 1.807) is 11.1 Å². The number of hydrogen-bond acceptors (Lipinski definition) is 6. The fourth-order valence-corrected chi connectivity index (χ4v) is 2.54. The van der Waals surface area contributed by atoms with Crippen LogP contribution in [-0.2, 0) is 4.74 Å². The second-order valence-corrected chi connectivity index (χ2v) is 7.01. The topological polar surface area (TPSA) is 80.4 Å². The van der Waals surface area contributed by atoms with Gasteiger partial charge in [0.25, 0.3) is 0 Å². The summed E-state index contributed by atoms with van der Waals surface area (Å²) in [6, 6.07) is 7.64. The molecule has 1 aromatic rings. The van der Waals surface area contributed by atoms with E-state index >= 15 is 0 Å². The van der Waals surface area contributed by atoms with Gasteiger partial charge in [-0.25, -0.2) is 4.79 Å². The van der Waals surface area contributed by atoms with Crippen LogP contribution in [0.15, 0.2) is 29.4 Å². The fourth-order valence-electron chi connectivity index (χ4n) is 2.54. The molecule has 0 radical (unpaired) electrons. The molecule has 0 aromatic heterocycles. The molecule has 1 aliphatic rings. The summed E-state index contributed by atoms with van der Waals surface area (Å²) in [6.07, 6.45) is 1.35. The summed E-state index contributed by atoms with van der Waals surface area (Å²) >= 11 is 0. The number of carbonyl (C=O) groups excluding carboxylic acids is 1. The minimum atomic E-state index is -0.453. The van der Waals surface area contributed by atoms with E-state index in [9.17, 15) is 4.79 Å². The Hall–Kier alpha value is -2.28. The highest BCUT2D eigenvalue weighted by atomic mass is 16.6. The molecule has 1 amide bonds. The van der Waals surface area contributed by atoms with Crippen molar-refractivity contribution in [3.63, 3.8) is 0 Å². The zero-order chi connectivity index (χ0) is 18.3. The van der Waals surface area contributed by atoms with Crippen molar-refractivity contribution in [1.82, 2.24) is 9.80 Å². The number of amides is 1. The molecule has 1 fully saturated rings. The van der Waals surface area contributed by atoms with E-state index in [1.807, 2.05) is 45.0 Å². The van der Waals surface area contributed by atoms with E-state index in [4.69, 9.17) is 15.3 Å². The van der Waals surface area contributed by atoms with E-state index in [0.29, 0.717) is 19.7 Å². The van der Waals surface area contributed by atoms with Crippen LogP contribution in [0.5, 0.6) is 5.75 Å². The van der Waals surface area contributed by atoms with Gasteiger partial charge in [-0.3, -0.25) is 4.90 Å². The Kier molecular flexibility index (Phi) is 6.64. The lowest BCUT2D eigenvalue weighted by molar-refractivity contribution is 0.0137. The molecule has 0 bridgehead atoms. The van der Waals surface area contributed by atoms with Gasteiger partial charge < -0.3 is 20.2 Å². The average molecular weight is 348 g/mol. The maximum Gasteiger partial charge on any atom is 0.410 e. The molecule has 7 nitrogen and oxygen atoms in total. The summed E-state index contributed by atoms with van der Waals surface area (Å²) in [6.45, 7) is 10.1. The highest BCUT2D eigenvalue weighted by Gasteiger charge is 2.25. The number of ether oxygens (including phenoxy) is 2. The van der Waals surface area contributed by atoms with Crippen molar-refractivity contribution < 1.29 is 14.3 Å². The average Bonchev–Trinajstić information content (AvgIpc) is 2.54. The maximum atomic E-state index is 12.0. The van der Waals surface area contributed by atoms with Gasteiger partial charge in [-0.15, -0.1) is 0 Å². The minimum Gasteiger partial charge on any atom is -0.492 e. The largest absolute Gasteiger partial charge is 0.492 e. The Labute approximate surface area is 149 Å². The van der Waals surface area contributed by atoms with Gasteiger partial charge in [0.15, 0.2) is 0 Å². The SMILES string of the molecule is CC(C)(C)OC(=O)N1CCN(CCOc2cccc(C=NN)c2)CC1. The first-order valence-corrected chi connectivity index (χ1v) is 8.54. The third-order valence-electron chi connectivity index (χ3n) is 3.78. The summed E-state index contributed by atoms with van der Waals surface area (Å²) in [5, 5.41) is 3.51. The predicted octanol–water partition coefficient (Wildman–Crippen LogP) is 1.91. The van der Waals surface area contributed by atoms with Crippen molar-refractivity contribution >= 4 is 12.3 Å². The van der Waals surface area contributed by atoms with Crippen LogP contribution >= 0.6 is 0 Å². The second kappa shape index (κ2) is 8.71. The molecule has 138 valence electrons. The van der Waals surface area contributed by atoms with E-state index in [1.165, 1.54) is 0 Å². The van der Waals surface area contributed by atoms with Gasteiger partial charge in [-0.2, -0.15) is 5.10 Å². The molecule has 1 saturated heterocycles. The molecule has 25 heavy (non-hydrogen) atoms. The first-order valence-electron chi connectivity index (χ1n) is 8.54. The summed E-state index contributed by atoms with van der Waals surface area (Å²) in [4.78, 5) is 16.1. The molecule has 0 spiro atoms. The first-order chi connectivity index (χ1) is 11.9. The number of hydrazone groups is 1. The van der Waals surface area contributed by atoms with Crippen LogP contribution < -0.4 is 10.6 Å². The van der Waals surface area contributed by atoms with E-state index < -0.39 is 5.60 Å². The lowest BCUT2D eigenvalue weighted by Gasteiger charge is -2.35. The number of nitrogens with zero attached hydrogens (tertiary/aromatic N) is 3. The van der Waals surface area contributed by atoms with Gasteiger partial charge in [0.05, 0.1) is 6.21 Å². The molecular weight excluding hydrogens is 320 g/mol. The van der Waals surface area contributed by atoms with Crippen LogP contribution in [-0.4, -0.2) is 67.0 Å². The van der Waals surface area contributed by atoms with Gasteiger partial charge in [0, 0.05) is 32.7 Å². The molecule has 2 rings (SSSR count). The maximum absolute atomic E-state index is 12.0. The lowest BCUT2D eigenvalue weighted by atomic mass is 10.2. The van der Waals surface area contributed by atoms with Gasteiger partial charge in [0.1, 0.15) is 18.0 Å². The van der Waals surface area contributed by atoms with Crippen molar-refractivity contribution in [3.8, 4) is 5.75 Å². The third kappa shape index (κ3) is 6.62. The Morgan fingerprint density at radius 1 is 1.28 bits per heavy atom.